The van der Waals surface area contributed by atoms with Gasteiger partial charge in [0.25, 0.3) is 0 Å². The SMILES string of the molecule is CCc1nc(C)ccc1Oc1ccccc1C#N. The van der Waals surface area contributed by atoms with Crippen LogP contribution in [0.25, 0.3) is 0 Å². The van der Waals surface area contributed by atoms with E-state index in [4.69, 9.17) is 10.00 Å². The minimum absolute atomic E-state index is 0.528. The Morgan fingerprint density at radius 3 is 2.67 bits per heavy atom. The first-order valence-electron chi connectivity index (χ1n) is 5.88. The Bertz CT molecular complexity index is 600. The predicted octanol–water partition coefficient (Wildman–Crippen LogP) is 3.62. The summed E-state index contributed by atoms with van der Waals surface area (Å²) in [5.41, 5.74) is 2.40. The molecule has 2 rings (SSSR count). The van der Waals surface area contributed by atoms with E-state index in [1.54, 1.807) is 12.1 Å². The van der Waals surface area contributed by atoms with Crippen LogP contribution in [0.4, 0.5) is 0 Å². The van der Waals surface area contributed by atoms with Crippen molar-refractivity contribution in [2.45, 2.75) is 20.3 Å². The first kappa shape index (κ1) is 12.1. The van der Waals surface area contributed by atoms with E-state index in [2.05, 4.69) is 11.1 Å². The molecule has 0 saturated carbocycles. The van der Waals surface area contributed by atoms with Gasteiger partial charge < -0.3 is 4.74 Å². The molecule has 0 aliphatic carbocycles. The summed E-state index contributed by atoms with van der Waals surface area (Å²) in [6, 6.07) is 13.1. The van der Waals surface area contributed by atoms with Crippen molar-refractivity contribution in [2.24, 2.45) is 0 Å². The molecule has 1 aromatic heterocycles. The molecule has 0 amide bonds. The molecule has 90 valence electrons. The number of hydrogen-bond acceptors (Lipinski definition) is 3. The fourth-order valence-electron chi connectivity index (χ4n) is 1.71. The number of pyridine rings is 1. The number of nitriles is 1. The number of benzene rings is 1. The maximum Gasteiger partial charge on any atom is 0.148 e. The van der Waals surface area contributed by atoms with Gasteiger partial charge in [-0.2, -0.15) is 5.26 Å². The van der Waals surface area contributed by atoms with Crippen molar-refractivity contribution >= 4 is 0 Å². The van der Waals surface area contributed by atoms with Gasteiger partial charge in [0.1, 0.15) is 17.6 Å². The van der Waals surface area contributed by atoms with Crippen LogP contribution < -0.4 is 4.74 Å². The standard InChI is InChI=1S/C15H14N2O/c1-3-13-15(9-8-11(2)17-13)18-14-7-5-4-6-12(14)10-16/h4-9H,3H2,1-2H3. The zero-order valence-corrected chi connectivity index (χ0v) is 10.5. The van der Waals surface area contributed by atoms with E-state index >= 15 is 0 Å². The first-order chi connectivity index (χ1) is 8.74. The van der Waals surface area contributed by atoms with Crippen molar-refractivity contribution in [3.63, 3.8) is 0 Å². The average Bonchev–Trinajstić information content (AvgIpc) is 2.41. The van der Waals surface area contributed by atoms with Crippen LogP contribution >= 0.6 is 0 Å². The van der Waals surface area contributed by atoms with E-state index in [1.165, 1.54) is 0 Å². The lowest BCUT2D eigenvalue weighted by atomic mass is 10.2. The molecule has 2 aromatic rings. The summed E-state index contributed by atoms with van der Waals surface area (Å²) in [5, 5.41) is 9.02. The third-order valence-electron chi connectivity index (χ3n) is 2.63. The van der Waals surface area contributed by atoms with Crippen molar-refractivity contribution in [3.8, 4) is 17.6 Å². The van der Waals surface area contributed by atoms with Crippen LogP contribution in [0.1, 0.15) is 23.9 Å². The Morgan fingerprint density at radius 1 is 1.17 bits per heavy atom. The largest absolute Gasteiger partial charge is 0.454 e. The van der Waals surface area contributed by atoms with Crippen LogP contribution in [0, 0.1) is 18.3 Å². The van der Waals surface area contributed by atoms with E-state index in [1.807, 2.05) is 38.1 Å². The molecule has 1 heterocycles. The van der Waals surface area contributed by atoms with Gasteiger partial charge in [-0.1, -0.05) is 19.1 Å². The number of ether oxygens (including phenoxy) is 1. The third kappa shape index (κ3) is 2.49. The normalized spacial score (nSPS) is 9.83. The molecule has 0 aliphatic heterocycles. The zero-order valence-electron chi connectivity index (χ0n) is 10.5. The average molecular weight is 238 g/mol. The van der Waals surface area contributed by atoms with Crippen molar-refractivity contribution in [3.05, 3.63) is 53.3 Å². The highest BCUT2D eigenvalue weighted by molar-refractivity contribution is 5.45. The quantitative estimate of drug-likeness (QED) is 0.820. The topological polar surface area (TPSA) is 45.9 Å². The minimum Gasteiger partial charge on any atom is -0.454 e. The molecule has 3 nitrogen and oxygen atoms in total. The lowest BCUT2D eigenvalue weighted by molar-refractivity contribution is 0.471. The molecule has 0 atom stereocenters. The molecule has 0 unspecified atom stereocenters. The highest BCUT2D eigenvalue weighted by Crippen LogP contribution is 2.27. The number of hydrogen-bond donors (Lipinski definition) is 0. The summed E-state index contributed by atoms with van der Waals surface area (Å²) in [6.07, 6.45) is 0.797. The first-order valence-corrected chi connectivity index (χ1v) is 5.88. The maximum atomic E-state index is 9.02. The highest BCUT2D eigenvalue weighted by atomic mass is 16.5. The van der Waals surface area contributed by atoms with Crippen LogP contribution in [0.3, 0.4) is 0 Å². The molecule has 18 heavy (non-hydrogen) atoms. The smallest absolute Gasteiger partial charge is 0.148 e. The summed E-state index contributed by atoms with van der Waals surface area (Å²) in [6.45, 7) is 3.98. The summed E-state index contributed by atoms with van der Waals surface area (Å²) >= 11 is 0. The van der Waals surface area contributed by atoms with Gasteiger partial charge in [-0.3, -0.25) is 4.98 Å². The van der Waals surface area contributed by atoms with Gasteiger partial charge in [-0.05, 0) is 37.6 Å². The van der Waals surface area contributed by atoms with Crippen molar-refractivity contribution < 1.29 is 4.74 Å². The number of nitrogens with zero attached hydrogens (tertiary/aromatic N) is 2. The maximum absolute atomic E-state index is 9.02. The number of para-hydroxylation sites is 1. The van der Waals surface area contributed by atoms with Gasteiger partial charge in [0, 0.05) is 5.69 Å². The van der Waals surface area contributed by atoms with Gasteiger partial charge in [-0.15, -0.1) is 0 Å². The summed E-state index contributed by atoms with van der Waals surface area (Å²) in [5.74, 6) is 1.28. The summed E-state index contributed by atoms with van der Waals surface area (Å²) < 4.78 is 5.79. The molecule has 0 fully saturated rings. The van der Waals surface area contributed by atoms with Crippen LogP contribution in [-0.4, -0.2) is 4.98 Å². The van der Waals surface area contributed by atoms with Crippen molar-refractivity contribution in [1.82, 2.24) is 4.98 Å². The fourth-order valence-corrected chi connectivity index (χ4v) is 1.71. The lowest BCUT2D eigenvalue weighted by Gasteiger charge is -2.10. The van der Waals surface area contributed by atoms with E-state index in [0.29, 0.717) is 17.1 Å². The highest BCUT2D eigenvalue weighted by Gasteiger charge is 2.08. The van der Waals surface area contributed by atoms with E-state index in [0.717, 1.165) is 17.8 Å². The van der Waals surface area contributed by atoms with Crippen LogP contribution in [0.5, 0.6) is 11.5 Å². The molecule has 0 N–H and O–H groups in total. The van der Waals surface area contributed by atoms with E-state index in [9.17, 15) is 0 Å². The number of rotatable bonds is 3. The summed E-state index contributed by atoms with van der Waals surface area (Å²) in [7, 11) is 0. The minimum atomic E-state index is 0.528. The van der Waals surface area contributed by atoms with Crippen molar-refractivity contribution in [2.75, 3.05) is 0 Å². The van der Waals surface area contributed by atoms with E-state index < -0.39 is 0 Å². The fraction of sp³-hybridized carbons (Fsp3) is 0.200. The Balaban J connectivity index is 2.37. The third-order valence-corrected chi connectivity index (χ3v) is 2.63. The number of aryl methyl sites for hydroxylation is 2. The van der Waals surface area contributed by atoms with Gasteiger partial charge in [-0.25, -0.2) is 0 Å². The second-order valence-electron chi connectivity index (χ2n) is 3.96. The molecule has 0 radical (unpaired) electrons. The summed E-state index contributed by atoms with van der Waals surface area (Å²) in [4.78, 5) is 4.44. The molecule has 0 aliphatic rings. The Morgan fingerprint density at radius 2 is 1.94 bits per heavy atom. The van der Waals surface area contributed by atoms with Crippen LogP contribution in [0.2, 0.25) is 0 Å². The van der Waals surface area contributed by atoms with E-state index in [-0.39, 0.29) is 0 Å². The molecule has 1 aromatic carbocycles. The number of aromatic nitrogens is 1. The Labute approximate surface area is 107 Å². The Hall–Kier alpha value is -2.34. The molecule has 0 bridgehead atoms. The van der Waals surface area contributed by atoms with Gasteiger partial charge >= 0.3 is 0 Å². The molecule has 0 saturated heterocycles. The van der Waals surface area contributed by atoms with Crippen molar-refractivity contribution in [1.29, 1.82) is 5.26 Å². The lowest BCUT2D eigenvalue weighted by Crippen LogP contribution is -1.96. The molecule has 3 heteroatoms. The zero-order chi connectivity index (χ0) is 13.0. The second-order valence-corrected chi connectivity index (χ2v) is 3.96. The second kappa shape index (κ2) is 5.33. The predicted molar refractivity (Wildman–Crippen MR) is 69.6 cm³/mol. The Kier molecular flexibility index (Phi) is 3.59. The van der Waals surface area contributed by atoms with Crippen LogP contribution in [-0.2, 0) is 6.42 Å². The van der Waals surface area contributed by atoms with Gasteiger partial charge in [0.05, 0.1) is 11.3 Å². The van der Waals surface area contributed by atoms with Gasteiger partial charge in [0.2, 0.25) is 0 Å². The van der Waals surface area contributed by atoms with Crippen LogP contribution in [0.15, 0.2) is 36.4 Å². The van der Waals surface area contributed by atoms with Gasteiger partial charge in [0.15, 0.2) is 0 Å². The molecular weight excluding hydrogens is 224 g/mol. The molecule has 0 spiro atoms. The molecular formula is C15H14N2O. The monoisotopic (exact) mass is 238 g/mol.